The third-order valence-electron chi connectivity index (χ3n) is 2.54. The van der Waals surface area contributed by atoms with E-state index in [1.165, 1.54) is 12.1 Å². The van der Waals surface area contributed by atoms with Crippen LogP contribution in [-0.2, 0) is 6.42 Å². The van der Waals surface area contributed by atoms with Crippen molar-refractivity contribution in [2.45, 2.75) is 18.6 Å². The van der Waals surface area contributed by atoms with Crippen LogP contribution in [0.4, 0.5) is 5.69 Å². The van der Waals surface area contributed by atoms with E-state index in [0.717, 1.165) is 5.56 Å². The van der Waals surface area contributed by atoms with Crippen molar-refractivity contribution in [1.82, 2.24) is 0 Å². The van der Waals surface area contributed by atoms with E-state index in [4.69, 9.17) is 5.73 Å². The van der Waals surface area contributed by atoms with Gasteiger partial charge >= 0.3 is 0 Å². The maximum absolute atomic E-state index is 10.5. The van der Waals surface area contributed by atoms with E-state index < -0.39 is 17.1 Å². The smallest absolute Gasteiger partial charge is 0.269 e. The van der Waals surface area contributed by atoms with Crippen LogP contribution in [-0.4, -0.2) is 16.1 Å². The number of nitrogens with zero attached hydrogens (tertiary/aromatic N) is 1. The molecule has 5 nitrogen and oxygen atoms in total. The van der Waals surface area contributed by atoms with Gasteiger partial charge in [0.25, 0.3) is 5.69 Å². The molecule has 74 valence electrons. The highest BCUT2D eigenvalue weighted by Crippen LogP contribution is 2.32. The second kappa shape index (κ2) is 3.04. The van der Waals surface area contributed by atoms with Gasteiger partial charge in [0.05, 0.1) is 17.1 Å². The summed E-state index contributed by atoms with van der Waals surface area (Å²) < 4.78 is 0. The first kappa shape index (κ1) is 9.11. The molecule has 0 saturated heterocycles. The number of non-ortho nitro benzene ring substituents is 1. The minimum atomic E-state index is -0.619. The minimum absolute atomic E-state index is 0.0216. The van der Waals surface area contributed by atoms with Crippen LogP contribution in [0.2, 0.25) is 0 Å². The molecule has 1 aliphatic carbocycles. The molecular formula is C9H10N2O3. The number of aliphatic hydroxyl groups excluding tert-OH is 1. The molecular weight excluding hydrogens is 184 g/mol. The minimum Gasteiger partial charge on any atom is -0.391 e. The van der Waals surface area contributed by atoms with E-state index in [9.17, 15) is 15.2 Å². The highest BCUT2D eigenvalue weighted by atomic mass is 16.6. The molecule has 0 bridgehead atoms. The zero-order valence-corrected chi connectivity index (χ0v) is 7.38. The fraction of sp³-hybridized carbons (Fsp3) is 0.333. The summed E-state index contributed by atoms with van der Waals surface area (Å²) in [6.07, 6.45) is -0.138. The Labute approximate surface area is 80.3 Å². The Bertz CT molecular complexity index is 392. The van der Waals surface area contributed by atoms with Crippen molar-refractivity contribution < 1.29 is 10.0 Å². The van der Waals surface area contributed by atoms with Crippen molar-refractivity contribution >= 4 is 5.69 Å². The number of benzene rings is 1. The zero-order valence-electron chi connectivity index (χ0n) is 7.38. The molecule has 3 N–H and O–H groups in total. The molecule has 1 aromatic carbocycles. The first-order valence-corrected chi connectivity index (χ1v) is 4.30. The summed E-state index contributed by atoms with van der Waals surface area (Å²) in [6.45, 7) is 0. The van der Waals surface area contributed by atoms with Gasteiger partial charge in [-0.15, -0.1) is 0 Å². The van der Waals surface area contributed by atoms with Crippen molar-refractivity contribution in [3.63, 3.8) is 0 Å². The van der Waals surface area contributed by atoms with E-state index in [1.807, 2.05) is 0 Å². The van der Waals surface area contributed by atoms with Crippen molar-refractivity contribution in [3.05, 3.63) is 39.4 Å². The summed E-state index contributed by atoms with van der Waals surface area (Å²) in [5.41, 5.74) is 7.29. The van der Waals surface area contributed by atoms with E-state index >= 15 is 0 Å². The third-order valence-corrected chi connectivity index (χ3v) is 2.54. The van der Waals surface area contributed by atoms with Gasteiger partial charge in [-0.3, -0.25) is 10.1 Å². The molecule has 0 fully saturated rings. The molecule has 1 aliphatic rings. The number of rotatable bonds is 1. The average molecular weight is 194 g/mol. The van der Waals surface area contributed by atoms with Gasteiger partial charge in [0.2, 0.25) is 0 Å². The highest BCUT2D eigenvalue weighted by molar-refractivity contribution is 5.44. The lowest BCUT2D eigenvalue weighted by atomic mass is 10.1. The SMILES string of the molecule is NC1c2cc([N+](=O)[O-])ccc2C[C@@H]1O. The Kier molecular flexibility index (Phi) is 1.98. The second-order valence-corrected chi connectivity index (χ2v) is 3.44. The summed E-state index contributed by atoms with van der Waals surface area (Å²) in [7, 11) is 0. The van der Waals surface area contributed by atoms with Gasteiger partial charge in [0, 0.05) is 18.6 Å². The van der Waals surface area contributed by atoms with Crippen molar-refractivity contribution in [2.24, 2.45) is 5.73 Å². The number of fused-ring (bicyclic) bond motifs is 1. The van der Waals surface area contributed by atoms with Crippen LogP contribution in [0.1, 0.15) is 17.2 Å². The van der Waals surface area contributed by atoms with Crippen LogP contribution in [0.25, 0.3) is 0 Å². The van der Waals surface area contributed by atoms with E-state index in [0.29, 0.717) is 12.0 Å². The summed E-state index contributed by atoms with van der Waals surface area (Å²) in [4.78, 5) is 10.0. The zero-order chi connectivity index (χ0) is 10.3. The number of nitrogens with two attached hydrogens (primary N) is 1. The van der Waals surface area contributed by atoms with E-state index in [1.54, 1.807) is 6.07 Å². The van der Waals surface area contributed by atoms with Crippen LogP contribution in [0, 0.1) is 10.1 Å². The lowest BCUT2D eigenvalue weighted by molar-refractivity contribution is -0.384. The quantitative estimate of drug-likeness (QED) is 0.503. The summed E-state index contributed by atoms with van der Waals surface area (Å²) >= 11 is 0. The number of aliphatic hydroxyl groups is 1. The predicted octanol–water partition coefficient (Wildman–Crippen LogP) is 0.512. The maximum Gasteiger partial charge on any atom is 0.269 e. The van der Waals surface area contributed by atoms with Crippen LogP contribution in [0.15, 0.2) is 18.2 Å². The molecule has 0 amide bonds. The van der Waals surface area contributed by atoms with Crippen molar-refractivity contribution in [1.29, 1.82) is 0 Å². The molecule has 0 saturated carbocycles. The first-order valence-electron chi connectivity index (χ1n) is 4.30. The number of hydrogen-bond acceptors (Lipinski definition) is 4. The molecule has 0 heterocycles. The summed E-state index contributed by atoms with van der Waals surface area (Å²) in [6, 6.07) is 4.04. The maximum atomic E-state index is 10.5. The monoisotopic (exact) mass is 194 g/mol. The topological polar surface area (TPSA) is 89.4 Å². The van der Waals surface area contributed by atoms with Gasteiger partial charge in [-0.1, -0.05) is 6.07 Å². The van der Waals surface area contributed by atoms with Gasteiger partial charge < -0.3 is 10.8 Å². The Hall–Kier alpha value is -1.46. The normalized spacial score (nSPS) is 24.7. The molecule has 0 radical (unpaired) electrons. The molecule has 2 rings (SSSR count). The highest BCUT2D eigenvalue weighted by Gasteiger charge is 2.29. The largest absolute Gasteiger partial charge is 0.391 e. The van der Waals surface area contributed by atoms with Gasteiger partial charge in [0.15, 0.2) is 0 Å². The standard InChI is InChI=1S/C9H10N2O3/c10-9-7-4-6(11(13)14)2-1-5(7)3-8(9)12/h1-2,4,8-9,12H,3,10H2/t8-,9?/m0/s1. The first-order chi connectivity index (χ1) is 6.59. The fourth-order valence-corrected chi connectivity index (χ4v) is 1.75. The van der Waals surface area contributed by atoms with Crippen molar-refractivity contribution in [2.75, 3.05) is 0 Å². The molecule has 0 aromatic heterocycles. The van der Waals surface area contributed by atoms with Crippen LogP contribution in [0.5, 0.6) is 0 Å². The molecule has 1 aromatic rings. The van der Waals surface area contributed by atoms with Crippen LogP contribution < -0.4 is 5.73 Å². The fourth-order valence-electron chi connectivity index (χ4n) is 1.75. The number of nitro groups is 1. The predicted molar refractivity (Wildman–Crippen MR) is 49.7 cm³/mol. The molecule has 5 heteroatoms. The lowest BCUT2D eigenvalue weighted by Gasteiger charge is -2.07. The second-order valence-electron chi connectivity index (χ2n) is 3.44. The summed E-state index contributed by atoms with van der Waals surface area (Å²) in [5.74, 6) is 0. The van der Waals surface area contributed by atoms with Crippen LogP contribution >= 0.6 is 0 Å². The Morgan fingerprint density at radius 1 is 1.57 bits per heavy atom. The number of nitro benzene ring substituents is 1. The van der Waals surface area contributed by atoms with Gasteiger partial charge in [-0.25, -0.2) is 0 Å². The lowest BCUT2D eigenvalue weighted by Crippen LogP contribution is -2.21. The summed E-state index contributed by atoms with van der Waals surface area (Å²) in [5, 5.41) is 19.9. The van der Waals surface area contributed by atoms with Gasteiger partial charge in [-0.2, -0.15) is 0 Å². The molecule has 2 atom stereocenters. The Morgan fingerprint density at radius 2 is 2.29 bits per heavy atom. The molecule has 0 aliphatic heterocycles. The molecule has 14 heavy (non-hydrogen) atoms. The van der Waals surface area contributed by atoms with Crippen LogP contribution in [0.3, 0.4) is 0 Å². The van der Waals surface area contributed by atoms with E-state index in [-0.39, 0.29) is 5.69 Å². The van der Waals surface area contributed by atoms with Crippen molar-refractivity contribution in [3.8, 4) is 0 Å². The van der Waals surface area contributed by atoms with E-state index in [2.05, 4.69) is 0 Å². The van der Waals surface area contributed by atoms with Gasteiger partial charge in [-0.05, 0) is 11.1 Å². The molecule has 0 spiro atoms. The average Bonchev–Trinajstić information content (AvgIpc) is 2.43. The third kappa shape index (κ3) is 1.26. The Morgan fingerprint density at radius 3 is 2.93 bits per heavy atom. The van der Waals surface area contributed by atoms with Gasteiger partial charge in [0.1, 0.15) is 0 Å². The Balaban J connectivity index is 2.46. The molecule has 1 unspecified atom stereocenters. The number of hydrogen-bond donors (Lipinski definition) is 2.